The topological polar surface area (TPSA) is 46.0 Å². The van der Waals surface area contributed by atoms with Crippen molar-refractivity contribution in [3.63, 3.8) is 0 Å². The second kappa shape index (κ2) is 6.58. The van der Waals surface area contributed by atoms with Gasteiger partial charge in [-0.25, -0.2) is 9.97 Å². The molecule has 3 aromatic rings. The molecule has 0 saturated carbocycles. The molecule has 0 fully saturated rings. The Morgan fingerprint density at radius 3 is 1.72 bits per heavy atom. The molecule has 0 bridgehead atoms. The Labute approximate surface area is 153 Å². The summed E-state index contributed by atoms with van der Waals surface area (Å²) >= 11 is 5.96. The van der Waals surface area contributed by atoms with Crippen LogP contribution in [0.15, 0.2) is 67.3 Å². The van der Waals surface area contributed by atoms with E-state index in [1.165, 1.54) is 6.33 Å². The molecule has 0 aliphatic heterocycles. The zero-order valence-corrected chi connectivity index (χ0v) is 15.3. The minimum atomic E-state index is -1.19. The molecule has 0 radical (unpaired) electrons. The molecule has 0 aliphatic rings. The number of benzene rings is 2. The lowest BCUT2D eigenvalue weighted by Crippen LogP contribution is -2.41. The maximum atomic E-state index is 11.6. The van der Waals surface area contributed by atoms with E-state index in [9.17, 15) is 5.11 Å². The van der Waals surface area contributed by atoms with Gasteiger partial charge in [0.25, 0.3) is 0 Å². The van der Waals surface area contributed by atoms with E-state index in [0.717, 1.165) is 16.7 Å². The number of hydrogen-bond acceptors (Lipinski definition) is 3. The summed E-state index contributed by atoms with van der Waals surface area (Å²) < 4.78 is 0. The van der Waals surface area contributed by atoms with Crippen LogP contribution in [0.4, 0.5) is 0 Å². The van der Waals surface area contributed by atoms with Crippen LogP contribution in [-0.4, -0.2) is 15.1 Å². The predicted octanol–water partition coefficient (Wildman–Crippen LogP) is 5.08. The molecule has 1 aromatic heterocycles. The minimum Gasteiger partial charge on any atom is -0.380 e. The molecule has 2 aromatic carbocycles. The van der Waals surface area contributed by atoms with Crippen molar-refractivity contribution in [3.05, 3.63) is 83.4 Å². The van der Waals surface area contributed by atoms with Crippen molar-refractivity contribution in [1.82, 2.24) is 9.97 Å². The van der Waals surface area contributed by atoms with E-state index in [1.807, 2.05) is 69.3 Å². The maximum absolute atomic E-state index is 11.6. The van der Waals surface area contributed by atoms with Crippen LogP contribution in [0.1, 0.15) is 31.9 Å². The van der Waals surface area contributed by atoms with E-state index in [2.05, 4.69) is 9.97 Å². The van der Waals surface area contributed by atoms with Gasteiger partial charge in [-0.3, -0.25) is 0 Å². The molecule has 0 aliphatic carbocycles. The summed E-state index contributed by atoms with van der Waals surface area (Å²) in [5.41, 5.74) is 2.03. The molecule has 3 rings (SSSR count). The number of aromatic nitrogens is 2. The van der Waals surface area contributed by atoms with Gasteiger partial charge in [0.05, 0.1) is 0 Å². The highest BCUT2D eigenvalue weighted by atomic mass is 35.5. The standard InChI is InChI=1S/C21H21ClN2O/c1-20(2,3)21(25,18-12-23-14-24-13-18)17-8-4-15(5-9-17)16-6-10-19(22)11-7-16/h4-14,25H,1-3H3. The summed E-state index contributed by atoms with van der Waals surface area (Å²) in [5.74, 6) is 0. The first-order valence-corrected chi connectivity index (χ1v) is 8.54. The van der Waals surface area contributed by atoms with Crippen LogP contribution in [0, 0.1) is 5.41 Å². The molecule has 1 atom stereocenters. The number of halogens is 1. The fraction of sp³-hybridized carbons (Fsp3) is 0.238. The molecular weight excluding hydrogens is 332 g/mol. The Kier molecular flexibility index (Phi) is 4.63. The normalized spacial score (nSPS) is 14.1. The van der Waals surface area contributed by atoms with Gasteiger partial charge < -0.3 is 5.11 Å². The molecule has 1 heterocycles. The van der Waals surface area contributed by atoms with Gasteiger partial charge in [-0.1, -0.05) is 68.8 Å². The van der Waals surface area contributed by atoms with Gasteiger partial charge in [-0.05, 0) is 34.2 Å². The van der Waals surface area contributed by atoms with E-state index in [0.29, 0.717) is 10.6 Å². The van der Waals surface area contributed by atoms with E-state index >= 15 is 0 Å². The van der Waals surface area contributed by atoms with Crippen LogP contribution in [0.3, 0.4) is 0 Å². The van der Waals surface area contributed by atoms with Crippen LogP contribution in [0.5, 0.6) is 0 Å². The molecule has 25 heavy (non-hydrogen) atoms. The number of hydrogen-bond donors (Lipinski definition) is 1. The van der Waals surface area contributed by atoms with Gasteiger partial charge in [0.1, 0.15) is 11.9 Å². The van der Waals surface area contributed by atoms with E-state index in [4.69, 9.17) is 11.6 Å². The van der Waals surface area contributed by atoms with Crippen LogP contribution in [0.25, 0.3) is 11.1 Å². The highest BCUT2D eigenvalue weighted by Gasteiger charge is 2.43. The molecule has 1 N–H and O–H groups in total. The Balaban J connectivity index is 2.05. The second-order valence-electron chi connectivity index (χ2n) is 7.17. The van der Waals surface area contributed by atoms with Crippen LogP contribution >= 0.6 is 11.6 Å². The third kappa shape index (κ3) is 3.30. The molecule has 4 heteroatoms. The van der Waals surface area contributed by atoms with Crippen LogP contribution in [0.2, 0.25) is 5.02 Å². The summed E-state index contributed by atoms with van der Waals surface area (Å²) in [4.78, 5) is 8.16. The van der Waals surface area contributed by atoms with E-state index < -0.39 is 11.0 Å². The first-order valence-electron chi connectivity index (χ1n) is 8.17. The van der Waals surface area contributed by atoms with Gasteiger partial charge in [0.2, 0.25) is 0 Å². The van der Waals surface area contributed by atoms with Crippen molar-refractivity contribution in [1.29, 1.82) is 0 Å². The molecule has 3 nitrogen and oxygen atoms in total. The molecule has 0 amide bonds. The molecular formula is C21H21ClN2O. The number of nitrogens with zero attached hydrogens (tertiary/aromatic N) is 2. The molecule has 0 saturated heterocycles. The lowest BCUT2D eigenvalue weighted by atomic mass is 9.69. The van der Waals surface area contributed by atoms with Gasteiger partial charge in [-0.2, -0.15) is 0 Å². The Morgan fingerprint density at radius 2 is 1.24 bits per heavy atom. The zero-order chi connectivity index (χ0) is 18.1. The minimum absolute atomic E-state index is 0.431. The van der Waals surface area contributed by atoms with Crippen molar-refractivity contribution in [3.8, 4) is 11.1 Å². The average molecular weight is 353 g/mol. The van der Waals surface area contributed by atoms with Gasteiger partial charge in [-0.15, -0.1) is 0 Å². The Hall–Kier alpha value is -2.23. The summed E-state index contributed by atoms with van der Waals surface area (Å²) in [6, 6.07) is 15.7. The first kappa shape index (κ1) is 17.6. The second-order valence-corrected chi connectivity index (χ2v) is 7.61. The van der Waals surface area contributed by atoms with Gasteiger partial charge in [0.15, 0.2) is 0 Å². The van der Waals surface area contributed by atoms with Crippen molar-refractivity contribution < 1.29 is 5.11 Å². The lowest BCUT2D eigenvalue weighted by Gasteiger charge is -2.40. The molecule has 128 valence electrons. The Bertz CT molecular complexity index is 840. The maximum Gasteiger partial charge on any atom is 0.122 e. The van der Waals surface area contributed by atoms with Gasteiger partial charge in [0, 0.05) is 23.0 Å². The van der Waals surface area contributed by atoms with Gasteiger partial charge >= 0.3 is 0 Å². The predicted molar refractivity (Wildman–Crippen MR) is 101 cm³/mol. The zero-order valence-electron chi connectivity index (χ0n) is 14.6. The Morgan fingerprint density at radius 1 is 0.760 bits per heavy atom. The average Bonchev–Trinajstić information content (AvgIpc) is 2.62. The highest BCUT2D eigenvalue weighted by Crippen LogP contribution is 2.44. The third-order valence-corrected chi connectivity index (χ3v) is 4.80. The summed E-state index contributed by atoms with van der Waals surface area (Å²) in [7, 11) is 0. The monoisotopic (exact) mass is 352 g/mol. The highest BCUT2D eigenvalue weighted by molar-refractivity contribution is 6.30. The third-order valence-electron chi connectivity index (χ3n) is 4.54. The van der Waals surface area contributed by atoms with Crippen molar-refractivity contribution >= 4 is 11.6 Å². The summed E-state index contributed by atoms with van der Waals surface area (Å²) in [5, 5.41) is 12.3. The van der Waals surface area contributed by atoms with E-state index in [1.54, 1.807) is 12.4 Å². The fourth-order valence-corrected chi connectivity index (χ4v) is 3.19. The smallest absolute Gasteiger partial charge is 0.122 e. The summed E-state index contributed by atoms with van der Waals surface area (Å²) in [6.45, 7) is 6.02. The van der Waals surface area contributed by atoms with Crippen molar-refractivity contribution in [2.24, 2.45) is 5.41 Å². The summed E-state index contributed by atoms with van der Waals surface area (Å²) in [6.07, 6.45) is 4.81. The molecule has 0 spiro atoms. The largest absolute Gasteiger partial charge is 0.380 e. The van der Waals surface area contributed by atoms with Crippen molar-refractivity contribution in [2.45, 2.75) is 26.4 Å². The van der Waals surface area contributed by atoms with Crippen LogP contribution < -0.4 is 0 Å². The fourth-order valence-electron chi connectivity index (χ4n) is 3.06. The first-order chi connectivity index (χ1) is 11.8. The quantitative estimate of drug-likeness (QED) is 0.715. The SMILES string of the molecule is CC(C)(C)C(O)(c1ccc(-c2ccc(Cl)cc2)cc1)c1cncnc1. The lowest BCUT2D eigenvalue weighted by molar-refractivity contribution is -0.0264. The number of rotatable bonds is 3. The van der Waals surface area contributed by atoms with Crippen molar-refractivity contribution in [2.75, 3.05) is 0 Å². The van der Waals surface area contributed by atoms with Crippen LogP contribution in [-0.2, 0) is 5.60 Å². The number of aliphatic hydroxyl groups is 1. The molecule has 1 unspecified atom stereocenters. The van der Waals surface area contributed by atoms with E-state index in [-0.39, 0.29) is 0 Å².